The Hall–Kier alpha value is -3.70. The Kier molecular flexibility index (Phi) is 5.33. The maximum atomic E-state index is 13.4. The first kappa shape index (κ1) is 19.3. The molecule has 0 aliphatic carbocycles. The molecular formula is C26H24N4O. The highest BCUT2D eigenvalue weighted by atomic mass is 16.1. The van der Waals surface area contributed by atoms with E-state index in [-0.39, 0.29) is 5.91 Å². The van der Waals surface area contributed by atoms with E-state index in [1.165, 1.54) is 0 Å². The topological polar surface area (TPSA) is 57.3 Å². The van der Waals surface area contributed by atoms with Crippen LogP contribution in [0.25, 0.3) is 21.9 Å². The minimum atomic E-state index is -0.100. The Morgan fingerprint density at radius 3 is 2.58 bits per heavy atom. The van der Waals surface area contributed by atoms with Gasteiger partial charge in [0.05, 0.1) is 11.4 Å². The number of hydrogen-bond donors (Lipinski definition) is 2. The summed E-state index contributed by atoms with van der Waals surface area (Å²) in [7, 11) is 0. The summed E-state index contributed by atoms with van der Waals surface area (Å²) in [6.45, 7) is 3.68. The molecule has 5 heteroatoms. The van der Waals surface area contributed by atoms with Gasteiger partial charge in [0.2, 0.25) is 0 Å². The Morgan fingerprint density at radius 2 is 1.74 bits per heavy atom. The molecule has 1 aliphatic heterocycles. The molecule has 0 spiro atoms. The first-order chi connectivity index (χ1) is 15.3. The van der Waals surface area contributed by atoms with Crippen molar-refractivity contribution in [3.05, 3.63) is 90.8 Å². The van der Waals surface area contributed by atoms with Crippen molar-refractivity contribution >= 4 is 28.1 Å². The average molecular weight is 409 g/mol. The first-order valence-electron chi connectivity index (χ1n) is 10.6. The minimum Gasteiger partial charge on any atom is -0.367 e. The number of nitrogens with one attached hydrogen (secondary N) is 2. The monoisotopic (exact) mass is 408 g/mol. The molecule has 2 heterocycles. The van der Waals surface area contributed by atoms with Gasteiger partial charge in [-0.3, -0.25) is 9.78 Å². The van der Waals surface area contributed by atoms with Gasteiger partial charge in [-0.1, -0.05) is 48.5 Å². The fourth-order valence-corrected chi connectivity index (χ4v) is 4.14. The molecule has 1 aliphatic rings. The van der Waals surface area contributed by atoms with Gasteiger partial charge in [0.25, 0.3) is 5.91 Å². The van der Waals surface area contributed by atoms with Crippen LogP contribution in [0.2, 0.25) is 0 Å². The number of piperazine rings is 1. The van der Waals surface area contributed by atoms with Gasteiger partial charge in [-0.2, -0.15) is 0 Å². The summed E-state index contributed by atoms with van der Waals surface area (Å²) in [6, 6.07) is 24.0. The predicted molar refractivity (Wildman–Crippen MR) is 127 cm³/mol. The van der Waals surface area contributed by atoms with E-state index in [0.29, 0.717) is 5.56 Å². The van der Waals surface area contributed by atoms with Crippen molar-refractivity contribution in [1.29, 1.82) is 0 Å². The smallest absolute Gasteiger partial charge is 0.256 e. The highest BCUT2D eigenvalue weighted by molar-refractivity contribution is 6.14. The number of pyridine rings is 1. The standard InChI is InChI=1S/C26H24N4O/c31-26(23-9-3-6-19-5-1-2-8-22(19)23)29-24-17-20(21-7-4-12-28-18-21)10-11-25(24)30-15-13-27-14-16-30/h1-12,17-18,27H,13-16H2,(H,29,31). The van der Waals surface area contributed by atoms with Crippen LogP contribution in [0.15, 0.2) is 85.2 Å². The zero-order valence-electron chi connectivity index (χ0n) is 17.2. The van der Waals surface area contributed by atoms with E-state index in [9.17, 15) is 4.79 Å². The maximum absolute atomic E-state index is 13.4. The van der Waals surface area contributed by atoms with Crippen molar-refractivity contribution in [2.45, 2.75) is 0 Å². The molecule has 0 bridgehead atoms. The van der Waals surface area contributed by atoms with E-state index < -0.39 is 0 Å². The van der Waals surface area contributed by atoms with E-state index in [2.05, 4.69) is 38.7 Å². The summed E-state index contributed by atoms with van der Waals surface area (Å²) >= 11 is 0. The van der Waals surface area contributed by atoms with Crippen LogP contribution >= 0.6 is 0 Å². The van der Waals surface area contributed by atoms with E-state index in [4.69, 9.17) is 0 Å². The van der Waals surface area contributed by atoms with Crippen LogP contribution in [-0.4, -0.2) is 37.1 Å². The van der Waals surface area contributed by atoms with Crippen LogP contribution in [0, 0.1) is 0 Å². The molecular weight excluding hydrogens is 384 g/mol. The lowest BCUT2D eigenvalue weighted by Gasteiger charge is -2.31. The van der Waals surface area contributed by atoms with E-state index >= 15 is 0 Å². The summed E-state index contributed by atoms with van der Waals surface area (Å²) in [6.07, 6.45) is 3.61. The van der Waals surface area contributed by atoms with Gasteiger partial charge >= 0.3 is 0 Å². The Bertz CT molecular complexity index is 1210. The molecule has 4 aromatic rings. The normalized spacial score (nSPS) is 13.9. The quantitative estimate of drug-likeness (QED) is 0.520. The first-order valence-corrected chi connectivity index (χ1v) is 10.6. The third kappa shape index (κ3) is 4.00. The van der Waals surface area contributed by atoms with Gasteiger partial charge in [-0.15, -0.1) is 0 Å². The molecule has 31 heavy (non-hydrogen) atoms. The van der Waals surface area contributed by atoms with Gasteiger partial charge in [-0.05, 0) is 40.6 Å². The van der Waals surface area contributed by atoms with Crippen molar-refractivity contribution in [3.63, 3.8) is 0 Å². The van der Waals surface area contributed by atoms with Crippen LogP contribution in [0.3, 0.4) is 0 Å². The Labute approximate surface area is 181 Å². The number of aromatic nitrogens is 1. The number of amides is 1. The molecule has 2 N–H and O–H groups in total. The Balaban J connectivity index is 1.54. The summed E-state index contributed by atoms with van der Waals surface area (Å²) in [5.41, 5.74) is 4.59. The van der Waals surface area contributed by atoms with Gasteiger partial charge in [0.15, 0.2) is 0 Å². The lowest BCUT2D eigenvalue weighted by atomic mass is 10.0. The van der Waals surface area contributed by atoms with Crippen molar-refractivity contribution in [3.8, 4) is 11.1 Å². The van der Waals surface area contributed by atoms with Gasteiger partial charge in [0, 0.05) is 49.7 Å². The molecule has 5 nitrogen and oxygen atoms in total. The molecule has 0 atom stereocenters. The second-order valence-electron chi connectivity index (χ2n) is 7.69. The summed E-state index contributed by atoms with van der Waals surface area (Å²) in [5, 5.41) is 8.61. The second-order valence-corrected chi connectivity index (χ2v) is 7.69. The third-order valence-corrected chi connectivity index (χ3v) is 5.73. The number of fused-ring (bicyclic) bond motifs is 1. The molecule has 1 saturated heterocycles. The van der Waals surface area contributed by atoms with Crippen LogP contribution in [0.5, 0.6) is 0 Å². The predicted octanol–water partition coefficient (Wildman–Crippen LogP) is 4.56. The molecule has 0 radical (unpaired) electrons. The van der Waals surface area contributed by atoms with Gasteiger partial charge < -0.3 is 15.5 Å². The summed E-state index contributed by atoms with van der Waals surface area (Å²) in [4.78, 5) is 19.9. The number of carbonyl (C=O) groups is 1. The van der Waals surface area contributed by atoms with Crippen LogP contribution < -0.4 is 15.5 Å². The molecule has 1 amide bonds. The number of anilines is 2. The fraction of sp³-hybridized carbons (Fsp3) is 0.154. The zero-order valence-corrected chi connectivity index (χ0v) is 17.2. The molecule has 1 fully saturated rings. The largest absolute Gasteiger partial charge is 0.367 e. The van der Waals surface area contributed by atoms with Crippen molar-refractivity contribution < 1.29 is 4.79 Å². The third-order valence-electron chi connectivity index (χ3n) is 5.73. The van der Waals surface area contributed by atoms with E-state index in [1.807, 2.05) is 60.8 Å². The molecule has 154 valence electrons. The Morgan fingerprint density at radius 1 is 0.903 bits per heavy atom. The highest BCUT2D eigenvalue weighted by Crippen LogP contribution is 2.32. The van der Waals surface area contributed by atoms with Gasteiger partial charge in [0.1, 0.15) is 0 Å². The highest BCUT2D eigenvalue weighted by Gasteiger charge is 2.18. The summed E-state index contributed by atoms with van der Waals surface area (Å²) < 4.78 is 0. The van der Waals surface area contributed by atoms with Crippen LogP contribution in [0.1, 0.15) is 10.4 Å². The lowest BCUT2D eigenvalue weighted by Crippen LogP contribution is -2.43. The van der Waals surface area contributed by atoms with Crippen molar-refractivity contribution in [2.75, 3.05) is 36.4 Å². The van der Waals surface area contributed by atoms with E-state index in [0.717, 1.165) is 59.5 Å². The van der Waals surface area contributed by atoms with Crippen molar-refractivity contribution in [2.24, 2.45) is 0 Å². The molecule has 0 saturated carbocycles. The van der Waals surface area contributed by atoms with Crippen molar-refractivity contribution in [1.82, 2.24) is 10.3 Å². The average Bonchev–Trinajstić information content (AvgIpc) is 2.84. The van der Waals surface area contributed by atoms with Crippen LogP contribution in [-0.2, 0) is 0 Å². The fourth-order valence-electron chi connectivity index (χ4n) is 4.14. The number of carbonyl (C=O) groups excluding carboxylic acids is 1. The molecule has 3 aromatic carbocycles. The molecule has 0 unspecified atom stereocenters. The van der Waals surface area contributed by atoms with Gasteiger partial charge in [-0.25, -0.2) is 0 Å². The number of benzene rings is 3. The second kappa shape index (κ2) is 8.58. The molecule has 1 aromatic heterocycles. The van der Waals surface area contributed by atoms with E-state index in [1.54, 1.807) is 6.20 Å². The minimum absolute atomic E-state index is 0.100. The van der Waals surface area contributed by atoms with Crippen LogP contribution in [0.4, 0.5) is 11.4 Å². The number of rotatable bonds is 4. The lowest BCUT2D eigenvalue weighted by molar-refractivity contribution is 0.102. The number of hydrogen-bond acceptors (Lipinski definition) is 4. The molecule has 5 rings (SSSR count). The zero-order chi connectivity index (χ0) is 21.0. The SMILES string of the molecule is O=C(Nc1cc(-c2cccnc2)ccc1N1CCNCC1)c1cccc2ccccc12. The summed E-state index contributed by atoms with van der Waals surface area (Å²) in [5.74, 6) is -0.100. The maximum Gasteiger partial charge on any atom is 0.256 e. The number of nitrogens with zero attached hydrogens (tertiary/aromatic N) is 2.